The highest BCUT2D eigenvalue weighted by Crippen LogP contribution is 2.47. The molecule has 14 heteroatoms. The first-order chi connectivity index (χ1) is 29.6. The van der Waals surface area contributed by atoms with Gasteiger partial charge in [-0.3, -0.25) is 14.4 Å². The fourth-order valence-electron chi connectivity index (χ4n) is 8.41. The maximum absolute atomic E-state index is 12.9. The highest BCUT2D eigenvalue weighted by Gasteiger charge is 2.39. The first-order valence-corrected chi connectivity index (χ1v) is 21.9. The number of benzene rings is 1. The predicted molar refractivity (Wildman–Crippen MR) is 241 cm³/mol. The van der Waals surface area contributed by atoms with Gasteiger partial charge in [0.1, 0.15) is 24.2 Å². The lowest BCUT2D eigenvalue weighted by Gasteiger charge is -2.40. The molecule has 3 heterocycles. The summed E-state index contributed by atoms with van der Waals surface area (Å²) in [7, 11) is 3.08. The quantitative estimate of drug-likeness (QED) is 0.0418. The average molecular weight is 843 g/mol. The number of carbonyl (C=O) groups excluding carboxylic acids is 3. The number of carboxylic acid groups (broad SMARTS) is 1. The van der Waals surface area contributed by atoms with Crippen molar-refractivity contribution >= 4 is 24.4 Å². The zero-order valence-corrected chi connectivity index (χ0v) is 37.2. The number of aryl methyl sites for hydroxylation is 1. The zero-order chi connectivity index (χ0) is 44.6. The Balaban J connectivity index is 0.00000156. The number of nitrogens with one attached hydrogen (secondary N) is 5. The molecular weight excluding hydrogens is 773 g/mol. The molecule has 6 N–H and O–H groups in total. The summed E-state index contributed by atoms with van der Waals surface area (Å²) in [6, 6.07) is 8.42. The second-order valence-corrected chi connectivity index (χ2v) is 15.6. The molecule has 2 atom stereocenters. The van der Waals surface area contributed by atoms with Crippen LogP contribution in [0.25, 0.3) is 11.3 Å². The van der Waals surface area contributed by atoms with E-state index in [4.69, 9.17) is 14.9 Å². The largest absolute Gasteiger partial charge is 0.483 e. The zero-order valence-electron chi connectivity index (χ0n) is 37.2. The van der Waals surface area contributed by atoms with Gasteiger partial charge in [0.2, 0.25) is 11.8 Å². The number of H-pyrrole nitrogens is 2. The number of aromatic nitrogens is 4. The van der Waals surface area contributed by atoms with Gasteiger partial charge in [-0.1, -0.05) is 88.8 Å². The molecule has 334 valence electrons. The van der Waals surface area contributed by atoms with E-state index in [-0.39, 0.29) is 36.3 Å². The van der Waals surface area contributed by atoms with Crippen LogP contribution in [0.1, 0.15) is 133 Å². The molecule has 2 fully saturated rings. The van der Waals surface area contributed by atoms with Gasteiger partial charge >= 0.3 is 6.09 Å². The monoisotopic (exact) mass is 843 g/mol. The summed E-state index contributed by atoms with van der Waals surface area (Å²) in [4.78, 5) is 64.1. The minimum atomic E-state index is -0.608. The third kappa shape index (κ3) is 14.6. The summed E-state index contributed by atoms with van der Waals surface area (Å²) in [6.07, 6.45) is 22.8. The number of likely N-dealkylation sites (N-methyl/N-ethyl adjacent to an activating group) is 1. The van der Waals surface area contributed by atoms with E-state index >= 15 is 0 Å². The Morgan fingerprint density at radius 1 is 1.05 bits per heavy atom. The molecule has 14 nitrogen and oxygen atoms in total. The predicted octanol–water partition coefficient (Wildman–Crippen LogP) is 8.05. The molecule has 2 aliphatic rings. The molecule has 1 saturated carbocycles. The number of hydrogen-bond acceptors (Lipinski definition) is 8. The Hall–Kier alpha value is -5.50. The minimum Gasteiger partial charge on any atom is -0.483 e. The molecule has 1 aliphatic heterocycles. The van der Waals surface area contributed by atoms with Crippen molar-refractivity contribution in [3.05, 3.63) is 96.0 Å². The van der Waals surface area contributed by atoms with E-state index < -0.39 is 12.1 Å². The lowest BCUT2D eigenvalue weighted by Crippen LogP contribution is -2.43. The number of likely N-dealkylation sites (tertiary alicyclic amines) is 1. The Labute approximate surface area is 362 Å². The number of rotatable bonds is 18. The molecule has 0 spiro atoms. The van der Waals surface area contributed by atoms with Gasteiger partial charge in [0.15, 0.2) is 0 Å². The van der Waals surface area contributed by atoms with Crippen LogP contribution in [0, 0.1) is 0 Å². The minimum absolute atomic E-state index is 0.0435. The highest BCUT2D eigenvalue weighted by atomic mass is 16.5. The van der Waals surface area contributed by atoms with Crippen molar-refractivity contribution in [1.82, 2.24) is 40.8 Å². The summed E-state index contributed by atoms with van der Waals surface area (Å²) >= 11 is 0. The van der Waals surface area contributed by atoms with E-state index in [1.165, 1.54) is 24.8 Å². The summed E-state index contributed by atoms with van der Waals surface area (Å²) in [5, 5.41) is 15.5. The number of methoxy groups -OCH3 is 1. The first-order valence-electron chi connectivity index (χ1n) is 21.9. The van der Waals surface area contributed by atoms with Crippen molar-refractivity contribution in [3.63, 3.8) is 0 Å². The number of alkyl carbamates (subject to hydrolysis) is 1. The first kappa shape index (κ1) is 49.9. The average Bonchev–Trinajstić information content (AvgIpc) is 4.06. The molecule has 0 radical (unpaired) electrons. The number of allylic oxidation sites excluding steroid dienone is 3. The second-order valence-electron chi connectivity index (χ2n) is 15.6. The number of hydrogen-bond donors (Lipinski definition) is 6. The summed E-state index contributed by atoms with van der Waals surface area (Å²) in [5.41, 5.74) is 5.61. The molecule has 3 amide bonds. The lowest BCUT2D eigenvalue weighted by molar-refractivity contribution is -0.131. The van der Waals surface area contributed by atoms with Crippen LogP contribution in [-0.2, 0) is 31.0 Å². The molecule has 0 bridgehead atoms. The third-order valence-electron chi connectivity index (χ3n) is 11.3. The van der Waals surface area contributed by atoms with Crippen molar-refractivity contribution in [1.29, 1.82) is 0 Å². The van der Waals surface area contributed by atoms with Crippen molar-refractivity contribution in [2.45, 2.75) is 128 Å². The Bertz CT molecular complexity index is 1860. The van der Waals surface area contributed by atoms with E-state index in [1.54, 1.807) is 13.1 Å². The van der Waals surface area contributed by atoms with E-state index in [2.05, 4.69) is 87.3 Å². The number of imidazole rings is 2. The molecule has 1 aromatic carbocycles. The van der Waals surface area contributed by atoms with Crippen LogP contribution < -0.4 is 16.0 Å². The summed E-state index contributed by atoms with van der Waals surface area (Å²) < 4.78 is 4.62. The molecule has 3 aromatic rings. The van der Waals surface area contributed by atoms with E-state index in [1.807, 2.05) is 42.4 Å². The van der Waals surface area contributed by atoms with Gasteiger partial charge in [-0.05, 0) is 94.4 Å². The van der Waals surface area contributed by atoms with Crippen LogP contribution >= 0.6 is 0 Å². The molecule has 1 aliphatic carbocycles. The number of ether oxygens (including phenoxy) is 1. The van der Waals surface area contributed by atoms with Crippen LogP contribution in [0.5, 0.6) is 0 Å². The normalized spacial score (nSPS) is 19.2. The van der Waals surface area contributed by atoms with E-state index in [0.29, 0.717) is 19.0 Å². The van der Waals surface area contributed by atoms with Gasteiger partial charge in [0, 0.05) is 36.8 Å². The lowest BCUT2D eigenvalue weighted by atomic mass is 9.65. The molecule has 1 saturated heterocycles. The van der Waals surface area contributed by atoms with Gasteiger partial charge in [-0.25, -0.2) is 14.8 Å². The van der Waals surface area contributed by atoms with E-state index in [0.717, 1.165) is 99.1 Å². The fraction of sp³-hybridized carbons (Fsp3) is 0.532. The number of nitrogens with zero attached hydrogens (tertiary/aromatic N) is 3. The van der Waals surface area contributed by atoms with Gasteiger partial charge in [0.05, 0.1) is 25.0 Å². The smallest absolute Gasteiger partial charge is 0.407 e. The maximum Gasteiger partial charge on any atom is 0.407 e. The molecule has 61 heavy (non-hydrogen) atoms. The van der Waals surface area contributed by atoms with Crippen molar-refractivity contribution < 1.29 is 29.0 Å². The van der Waals surface area contributed by atoms with Crippen LogP contribution in [0.2, 0.25) is 0 Å². The summed E-state index contributed by atoms with van der Waals surface area (Å²) in [6.45, 7) is 13.1. The van der Waals surface area contributed by atoms with Crippen LogP contribution in [0.4, 0.5) is 4.79 Å². The topological polar surface area (TPSA) is 194 Å². The van der Waals surface area contributed by atoms with Crippen LogP contribution in [0.3, 0.4) is 0 Å². The van der Waals surface area contributed by atoms with Crippen molar-refractivity contribution in [2.24, 2.45) is 0 Å². The molecular formula is C47H70N8O6. The van der Waals surface area contributed by atoms with Crippen LogP contribution in [-0.4, -0.2) is 94.2 Å². The molecule has 2 aromatic heterocycles. The van der Waals surface area contributed by atoms with E-state index in [9.17, 15) is 14.4 Å². The second kappa shape index (κ2) is 26.7. The molecule has 5 rings (SSSR count). The number of aromatic amines is 2. The number of carbonyl (C=O) groups is 4. The standard InChI is InChI=1S/C43H60N8O4.C3H8.CH2O2/c1-6-12-33(13-7-2)39(44-4)41(53)45-25-10-9-15-37-46-27-34(49-37)32-18-16-30(17-19-32)31-20-23-43(22-8-3,24-21-31)36-28-47-40(50-36)35-14-11-26-51(35)38(52)29-48-42(54)55-5;1-3-2;2-1-3/h6-7,12-13,16-19,27-28,31,35,39,44H,1,8-11,14-15,20-26,29H2,2-5H3,(H,45,53)(H,46,49)(H,47,50)(H,48,54);3H2,1-2H3;1H,(H,2,3)/b13-7-,33-12+;;. The SMILES string of the molecule is C=C/C=C(\C=C/C)C(NC)C(=O)NCCCCc1ncc(-c2ccc(C3CCC(CCC)(c4cnc(C5CCCN5C(=O)CNC(=O)OC)[nH]4)CC3)cc2)[nH]1.CCC.O=CO. The third-order valence-corrected chi connectivity index (χ3v) is 11.3. The Morgan fingerprint density at radius 3 is 2.38 bits per heavy atom. The Kier molecular flexibility index (Phi) is 21.8. The maximum atomic E-state index is 12.9. The summed E-state index contributed by atoms with van der Waals surface area (Å²) in [5.74, 6) is 2.12. The van der Waals surface area contributed by atoms with Gasteiger partial charge in [-0.15, -0.1) is 0 Å². The van der Waals surface area contributed by atoms with Crippen LogP contribution in [0.15, 0.2) is 73.1 Å². The van der Waals surface area contributed by atoms with Crippen molar-refractivity contribution in [3.8, 4) is 11.3 Å². The number of amides is 3. The molecule has 2 unspecified atom stereocenters. The Morgan fingerprint density at radius 2 is 1.75 bits per heavy atom. The van der Waals surface area contributed by atoms with Gasteiger partial charge in [-0.2, -0.15) is 0 Å². The fourth-order valence-corrected chi connectivity index (χ4v) is 8.41. The van der Waals surface area contributed by atoms with Gasteiger partial charge in [0.25, 0.3) is 6.47 Å². The highest BCUT2D eigenvalue weighted by molar-refractivity contribution is 5.86. The number of unbranched alkanes of at least 4 members (excludes halogenated alkanes) is 1. The van der Waals surface area contributed by atoms with Gasteiger partial charge < -0.3 is 40.7 Å². The van der Waals surface area contributed by atoms with Crippen molar-refractivity contribution in [2.75, 3.05) is 33.8 Å².